The van der Waals surface area contributed by atoms with Crippen molar-refractivity contribution in [2.45, 2.75) is 31.8 Å². The SMILES string of the molecule is C[C@H](NC(=O)N(C)C1Cc2ccccc2C1)c1nnc(N)s1. The van der Waals surface area contributed by atoms with E-state index >= 15 is 0 Å². The Morgan fingerprint density at radius 1 is 1.36 bits per heavy atom. The van der Waals surface area contributed by atoms with Gasteiger partial charge in [-0.05, 0) is 30.9 Å². The molecule has 1 atom stereocenters. The highest BCUT2D eigenvalue weighted by molar-refractivity contribution is 7.15. The number of carbonyl (C=O) groups is 1. The molecular formula is C15H19N5OS. The zero-order valence-electron chi connectivity index (χ0n) is 12.6. The van der Waals surface area contributed by atoms with Crippen molar-refractivity contribution in [1.29, 1.82) is 0 Å². The third-order valence-electron chi connectivity index (χ3n) is 4.06. The Labute approximate surface area is 133 Å². The summed E-state index contributed by atoms with van der Waals surface area (Å²) in [6.45, 7) is 1.88. The molecular weight excluding hydrogens is 298 g/mol. The Hall–Kier alpha value is -2.15. The van der Waals surface area contributed by atoms with E-state index in [0.717, 1.165) is 12.8 Å². The molecule has 1 heterocycles. The van der Waals surface area contributed by atoms with Crippen LogP contribution in [0.15, 0.2) is 24.3 Å². The molecule has 0 bridgehead atoms. The van der Waals surface area contributed by atoms with Gasteiger partial charge in [-0.15, -0.1) is 10.2 Å². The van der Waals surface area contributed by atoms with Crippen molar-refractivity contribution < 1.29 is 4.79 Å². The first-order valence-corrected chi connectivity index (χ1v) is 8.05. The van der Waals surface area contributed by atoms with Crippen LogP contribution in [0.1, 0.15) is 29.1 Å². The van der Waals surface area contributed by atoms with Crippen LogP contribution in [0, 0.1) is 0 Å². The summed E-state index contributed by atoms with van der Waals surface area (Å²) in [5.74, 6) is 0. The van der Waals surface area contributed by atoms with Crippen LogP contribution in [0.4, 0.5) is 9.93 Å². The molecule has 2 amide bonds. The highest BCUT2D eigenvalue weighted by Crippen LogP contribution is 2.25. The van der Waals surface area contributed by atoms with Crippen molar-refractivity contribution in [1.82, 2.24) is 20.4 Å². The molecule has 0 aliphatic heterocycles. The van der Waals surface area contributed by atoms with E-state index in [1.165, 1.54) is 22.5 Å². The van der Waals surface area contributed by atoms with Gasteiger partial charge in [-0.3, -0.25) is 0 Å². The summed E-state index contributed by atoms with van der Waals surface area (Å²) in [4.78, 5) is 14.2. The van der Waals surface area contributed by atoms with Gasteiger partial charge in [-0.25, -0.2) is 4.79 Å². The van der Waals surface area contributed by atoms with Crippen LogP contribution in [-0.2, 0) is 12.8 Å². The number of amides is 2. The fraction of sp³-hybridized carbons (Fsp3) is 0.400. The minimum absolute atomic E-state index is 0.0981. The van der Waals surface area contributed by atoms with E-state index in [1.54, 1.807) is 4.90 Å². The van der Waals surface area contributed by atoms with Gasteiger partial charge in [0.1, 0.15) is 5.01 Å². The molecule has 0 radical (unpaired) electrons. The summed E-state index contributed by atoms with van der Waals surface area (Å²) in [6, 6.07) is 8.25. The number of nitrogen functional groups attached to an aromatic ring is 1. The number of rotatable bonds is 3. The van der Waals surface area contributed by atoms with Crippen LogP contribution >= 0.6 is 11.3 Å². The molecule has 3 N–H and O–H groups in total. The zero-order chi connectivity index (χ0) is 15.7. The average Bonchev–Trinajstić information content (AvgIpc) is 3.12. The fourth-order valence-electron chi connectivity index (χ4n) is 2.75. The third-order valence-corrected chi connectivity index (χ3v) is 5.00. The van der Waals surface area contributed by atoms with Crippen LogP contribution in [-0.4, -0.2) is 34.2 Å². The van der Waals surface area contributed by atoms with E-state index in [1.807, 2.05) is 26.1 Å². The van der Waals surface area contributed by atoms with Crippen LogP contribution < -0.4 is 11.1 Å². The lowest BCUT2D eigenvalue weighted by atomic mass is 10.1. The molecule has 1 aromatic carbocycles. The molecule has 0 saturated heterocycles. The Morgan fingerprint density at radius 3 is 2.55 bits per heavy atom. The highest BCUT2D eigenvalue weighted by atomic mass is 32.1. The van der Waals surface area contributed by atoms with E-state index in [0.29, 0.717) is 10.1 Å². The quantitative estimate of drug-likeness (QED) is 0.907. The smallest absolute Gasteiger partial charge is 0.317 e. The second-order valence-electron chi connectivity index (χ2n) is 5.59. The van der Waals surface area contributed by atoms with Gasteiger partial charge in [-0.1, -0.05) is 35.6 Å². The molecule has 0 fully saturated rings. The van der Waals surface area contributed by atoms with Crippen LogP contribution in [0.3, 0.4) is 0 Å². The lowest BCUT2D eigenvalue weighted by Crippen LogP contribution is -2.44. The van der Waals surface area contributed by atoms with Crippen molar-refractivity contribution in [2.24, 2.45) is 0 Å². The molecule has 1 aliphatic carbocycles. The summed E-state index contributed by atoms with van der Waals surface area (Å²) >= 11 is 1.29. The predicted octanol–water partition coefficient (Wildman–Crippen LogP) is 1.99. The number of fused-ring (bicyclic) bond motifs is 1. The number of hydrogen-bond acceptors (Lipinski definition) is 5. The van der Waals surface area contributed by atoms with Crippen LogP contribution in [0.25, 0.3) is 0 Å². The Bertz CT molecular complexity index is 661. The first kappa shape index (κ1) is 14.8. The predicted molar refractivity (Wildman–Crippen MR) is 86.7 cm³/mol. The van der Waals surface area contributed by atoms with Crippen molar-refractivity contribution in [2.75, 3.05) is 12.8 Å². The molecule has 6 nitrogen and oxygen atoms in total. The zero-order valence-corrected chi connectivity index (χ0v) is 13.4. The molecule has 2 aromatic rings. The number of aromatic nitrogens is 2. The molecule has 7 heteroatoms. The van der Waals surface area contributed by atoms with Crippen molar-refractivity contribution in [3.05, 3.63) is 40.4 Å². The minimum Gasteiger partial charge on any atom is -0.374 e. The number of benzene rings is 1. The lowest BCUT2D eigenvalue weighted by Gasteiger charge is -2.26. The van der Waals surface area contributed by atoms with Crippen LogP contribution in [0.5, 0.6) is 0 Å². The Morgan fingerprint density at radius 2 is 2.00 bits per heavy atom. The van der Waals surface area contributed by atoms with Gasteiger partial charge in [0.05, 0.1) is 6.04 Å². The van der Waals surface area contributed by atoms with E-state index in [2.05, 4.69) is 27.6 Å². The summed E-state index contributed by atoms with van der Waals surface area (Å²) in [7, 11) is 1.84. The molecule has 1 aromatic heterocycles. The summed E-state index contributed by atoms with van der Waals surface area (Å²) in [5, 5.41) is 11.8. The normalized spacial score (nSPS) is 15.4. The first-order valence-electron chi connectivity index (χ1n) is 7.23. The van der Waals surface area contributed by atoms with Crippen molar-refractivity contribution in [3.63, 3.8) is 0 Å². The third kappa shape index (κ3) is 2.89. The monoisotopic (exact) mass is 317 g/mol. The number of anilines is 1. The topological polar surface area (TPSA) is 84.1 Å². The Kier molecular flexibility index (Phi) is 3.98. The molecule has 0 spiro atoms. The number of urea groups is 1. The van der Waals surface area contributed by atoms with E-state index in [9.17, 15) is 4.79 Å². The van der Waals surface area contributed by atoms with Gasteiger partial charge in [-0.2, -0.15) is 0 Å². The number of nitrogens with two attached hydrogens (primary N) is 1. The minimum atomic E-state index is -0.200. The largest absolute Gasteiger partial charge is 0.374 e. The maximum absolute atomic E-state index is 12.4. The molecule has 3 rings (SSSR count). The summed E-state index contributed by atoms with van der Waals surface area (Å²) < 4.78 is 0. The second kappa shape index (κ2) is 5.92. The molecule has 116 valence electrons. The number of nitrogens with zero attached hydrogens (tertiary/aromatic N) is 3. The molecule has 0 saturated carbocycles. The standard InChI is InChI=1S/C15H19N5OS/c1-9(13-18-19-14(16)22-13)17-15(21)20(2)12-7-10-5-3-4-6-11(10)8-12/h3-6,9,12H,7-8H2,1-2H3,(H2,16,19)(H,17,21)/t9-/m0/s1. The molecule has 1 aliphatic rings. The van der Waals surface area contributed by atoms with Gasteiger partial charge in [0.25, 0.3) is 0 Å². The number of carbonyl (C=O) groups excluding carboxylic acids is 1. The Balaban J connectivity index is 1.61. The van der Waals surface area contributed by atoms with Gasteiger partial charge >= 0.3 is 6.03 Å². The summed E-state index contributed by atoms with van der Waals surface area (Å²) in [5.41, 5.74) is 8.24. The van der Waals surface area contributed by atoms with E-state index in [-0.39, 0.29) is 18.1 Å². The molecule has 0 unspecified atom stereocenters. The number of likely N-dealkylation sites (N-methyl/N-ethyl adjacent to an activating group) is 1. The highest BCUT2D eigenvalue weighted by Gasteiger charge is 2.28. The molecule has 22 heavy (non-hydrogen) atoms. The van der Waals surface area contributed by atoms with E-state index < -0.39 is 0 Å². The number of hydrogen-bond donors (Lipinski definition) is 2. The van der Waals surface area contributed by atoms with Gasteiger partial charge in [0.2, 0.25) is 5.13 Å². The lowest BCUT2D eigenvalue weighted by molar-refractivity contribution is 0.188. The van der Waals surface area contributed by atoms with E-state index in [4.69, 9.17) is 5.73 Å². The maximum atomic E-state index is 12.4. The second-order valence-corrected chi connectivity index (χ2v) is 6.63. The van der Waals surface area contributed by atoms with Gasteiger partial charge < -0.3 is 16.0 Å². The van der Waals surface area contributed by atoms with Gasteiger partial charge in [0, 0.05) is 13.1 Å². The number of nitrogens with one attached hydrogen (secondary N) is 1. The first-order chi connectivity index (χ1) is 10.5. The average molecular weight is 317 g/mol. The maximum Gasteiger partial charge on any atom is 0.317 e. The fourth-order valence-corrected chi connectivity index (χ4v) is 3.36. The van der Waals surface area contributed by atoms with Crippen molar-refractivity contribution >= 4 is 22.5 Å². The van der Waals surface area contributed by atoms with Crippen molar-refractivity contribution in [3.8, 4) is 0 Å². The van der Waals surface area contributed by atoms with Crippen LogP contribution in [0.2, 0.25) is 0 Å². The van der Waals surface area contributed by atoms with Gasteiger partial charge in [0.15, 0.2) is 0 Å². The summed E-state index contributed by atoms with van der Waals surface area (Å²) in [6.07, 6.45) is 1.81.